The molecule has 0 saturated heterocycles. The average Bonchev–Trinajstić information content (AvgIpc) is 2.57. The molecule has 1 unspecified atom stereocenters. The van der Waals surface area contributed by atoms with Gasteiger partial charge in [-0.15, -0.1) is 0 Å². The van der Waals surface area contributed by atoms with E-state index < -0.39 is 0 Å². The number of benzene rings is 2. The van der Waals surface area contributed by atoms with Gasteiger partial charge in [-0.1, -0.05) is 27.5 Å². The van der Waals surface area contributed by atoms with Crippen LogP contribution in [-0.4, -0.2) is 11.6 Å². The van der Waals surface area contributed by atoms with Gasteiger partial charge in [0.1, 0.15) is 11.4 Å². The highest BCUT2D eigenvalue weighted by Crippen LogP contribution is 2.42. The van der Waals surface area contributed by atoms with Gasteiger partial charge < -0.3 is 10.1 Å². The van der Waals surface area contributed by atoms with E-state index in [1.54, 1.807) is 12.1 Å². The van der Waals surface area contributed by atoms with Gasteiger partial charge in [-0.3, -0.25) is 5.32 Å². The molecule has 26 heavy (non-hydrogen) atoms. The number of nitriles is 1. The molecule has 5 nitrogen and oxygen atoms in total. The molecule has 0 fully saturated rings. The number of nitrogens with zero attached hydrogens (tertiary/aromatic N) is 2. The highest BCUT2D eigenvalue weighted by molar-refractivity contribution is 9.10. The molecule has 0 amide bonds. The van der Waals surface area contributed by atoms with E-state index in [-0.39, 0.29) is 11.6 Å². The van der Waals surface area contributed by atoms with Crippen molar-refractivity contribution in [2.75, 3.05) is 5.32 Å². The van der Waals surface area contributed by atoms with Crippen molar-refractivity contribution in [1.29, 1.82) is 5.26 Å². The van der Waals surface area contributed by atoms with Crippen molar-refractivity contribution in [1.82, 2.24) is 5.32 Å². The summed E-state index contributed by atoms with van der Waals surface area (Å²) in [5.41, 5.74) is 1.41. The van der Waals surface area contributed by atoms with Crippen LogP contribution in [0.25, 0.3) is 0 Å². The van der Waals surface area contributed by atoms with Gasteiger partial charge in [-0.2, -0.15) is 5.26 Å². The summed E-state index contributed by atoms with van der Waals surface area (Å²) in [7, 11) is 0. The molecule has 2 N–H and O–H groups in total. The normalized spacial score (nSPS) is 18.3. The second-order valence-corrected chi connectivity index (χ2v) is 7.96. The molecule has 1 aliphatic heterocycles. The molecule has 1 atom stereocenters. The highest BCUT2D eigenvalue weighted by atomic mass is 79.9. The Hall–Kier alpha value is -2.23. The minimum Gasteiger partial charge on any atom is -0.487 e. The van der Waals surface area contributed by atoms with Crippen molar-refractivity contribution in [3.63, 3.8) is 0 Å². The fourth-order valence-electron chi connectivity index (χ4n) is 2.88. The van der Waals surface area contributed by atoms with Crippen LogP contribution in [0.1, 0.15) is 31.9 Å². The maximum Gasteiger partial charge on any atom is 0.209 e. The molecule has 0 radical (unpaired) electrons. The molecule has 0 spiro atoms. The summed E-state index contributed by atoms with van der Waals surface area (Å²) in [4.78, 5) is 4.76. The third-order valence-electron chi connectivity index (χ3n) is 3.97. The molecule has 0 aliphatic carbocycles. The number of nitrogens with one attached hydrogen (secondary N) is 2. The fraction of sp³-hybridized carbons (Fsp3) is 0.263. The maximum absolute atomic E-state index is 9.10. The predicted molar refractivity (Wildman–Crippen MR) is 107 cm³/mol. The molecular formula is C19H18BrClN4O. The van der Waals surface area contributed by atoms with Crippen molar-refractivity contribution in [3.8, 4) is 11.9 Å². The van der Waals surface area contributed by atoms with E-state index in [4.69, 9.17) is 26.6 Å². The second kappa shape index (κ2) is 7.56. The van der Waals surface area contributed by atoms with E-state index in [1.807, 2.05) is 50.4 Å². The number of guanidine groups is 1. The van der Waals surface area contributed by atoms with Crippen LogP contribution >= 0.6 is 27.5 Å². The lowest BCUT2D eigenvalue weighted by Crippen LogP contribution is -2.36. The van der Waals surface area contributed by atoms with Crippen LogP contribution in [0.15, 0.2) is 51.9 Å². The van der Waals surface area contributed by atoms with E-state index in [2.05, 4.69) is 26.6 Å². The number of anilines is 1. The number of aliphatic imine (C=N–C) groups is 1. The Morgan fingerprint density at radius 3 is 2.73 bits per heavy atom. The van der Waals surface area contributed by atoms with E-state index in [0.717, 1.165) is 21.5 Å². The van der Waals surface area contributed by atoms with E-state index in [0.29, 0.717) is 17.4 Å². The first-order valence-electron chi connectivity index (χ1n) is 8.10. The van der Waals surface area contributed by atoms with Crippen LogP contribution in [-0.2, 0) is 0 Å². The zero-order chi connectivity index (χ0) is 18.7. The highest BCUT2D eigenvalue weighted by Gasteiger charge is 2.34. The van der Waals surface area contributed by atoms with Gasteiger partial charge in [0.25, 0.3) is 0 Å². The molecule has 1 heterocycles. The van der Waals surface area contributed by atoms with Gasteiger partial charge >= 0.3 is 0 Å². The number of rotatable bonds is 2. The molecular weight excluding hydrogens is 416 g/mol. The molecule has 0 aromatic heterocycles. The lowest BCUT2D eigenvalue weighted by Gasteiger charge is -2.36. The first-order chi connectivity index (χ1) is 12.4. The minimum absolute atomic E-state index is 0.151. The molecule has 2 aromatic rings. The van der Waals surface area contributed by atoms with Gasteiger partial charge in [0, 0.05) is 27.2 Å². The van der Waals surface area contributed by atoms with Gasteiger partial charge in [-0.25, -0.2) is 4.99 Å². The Bertz CT molecular complexity index is 874. The summed E-state index contributed by atoms with van der Waals surface area (Å²) in [6, 6.07) is 12.9. The summed E-state index contributed by atoms with van der Waals surface area (Å²) < 4.78 is 7.03. The summed E-state index contributed by atoms with van der Waals surface area (Å²) >= 11 is 9.43. The van der Waals surface area contributed by atoms with Crippen molar-refractivity contribution in [2.24, 2.45) is 4.99 Å². The second-order valence-electron chi connectivity index (χ2n) is 6.61. The lowest BCUT2D eigenvalue weighted by molar-refractivity contribution is 0.0732. The Balaban J connectivity index is 1.95. The smallest absolute Gasteiger partial charge is 0.209 e. The third-order valence-corrected chi connectivity index (χ3v) is 4.71. The largest absolute Gasteiger partial charge is 0.487 e. The van der Waals surface area contributed by atoms with E-state index in [9.17, 15) is 0 Å². The van der Waals surface area contributed by atoms with Gasteiger partial charge in [0.05, 0.1) is 6.04 Å². The molecule has 7 heteroatoms. The van der Waals surface area contributed by atoms with Crippen LogP contribution in [0.3, 0.4) is 0 Å². The standard InChI is InChI=1S/C19H18BrClN4O/c1-19(2)10-16(15-9-12(20)3-8-17(15)26-19)25-18(23-11-22)24-14-6-4-13(21)5-7-14/h3-9,16H,10H2,1-2H3,(H2,23,24,25). The number of fused-ring (bicyclic) bond motifs is 1. The lowest BCUT2D eigenvalue weighted by atomic mass is 9.90. The zero-order valence-electron chi connectivity index (χ0n) is 14.4. The van der Waals surface area contributed by atoms with Crippen LogP contribution in [0.4, 0.5) is 5.69 Å². The monoisotopic (exact) mass is 432 g/mol. The molecule has 0 bridgehead atoms. The first-order valence-corrected chi connectivity index (χ1v) is 9.27. The Morgan fingerprint density at radius 1 is 1.31 bits per heavy atom. The van der Waals surface area contributed by atoms with Crippen molar-refractivity contribution in [3.05, 3.63) is 57.5 Å². The van der Waals surface area contributed by atoms with E-state index >= 15 is 0 Å². The molecule has 0 saturated carbocycles. The quantitative estimate of drug-likeness (QED) is 0.294. The number of hydrogen-bond donors (Lipinski definition) is 2. The Kier molecular flexibility index (Phi) is 5.40. The topological polar surface area (TPSA) is 69.4 Å². The van der Waals surface area contributed by atoms with Crippen LogP contribution in [0.2, 0.25) is 5.02 Å². The van der Waals surface area contributed by atoms with Crippen LogP contribution < -0.4 is 15.4 Å². The number of hydrogen-bond acceptors (Lipinski definition) is 3. The molecule has 3 rings (SSSR count). The predicted octanol–water partition coefficient (Wildman–Crippen LogP) is 5.24. The third kappa shape index (κ3) is 4.48. The molecule has 134 valence electrons. The Morgan fingerprint density at radius 2 is 2.04 bits per heavy atom. The summed E-state index contributed by atoms with van der Waals surface area (Å²) in [6.45, 7) is 4.06. The van der Waals surface area contributed by atoms with Gasteiger partial charge in [-0.05, 0) is 56.3 Å². The van der Waals surface area contributed by atoms with Crippen molar-refractivity contribution in [2.45, 2.75) is 31.9 Å². The zero-order valence-corrected chi connectivity index (χ0v) is 16.7. The average molecular weight is 434 g/mol. The SMILES string of the molecule is CC1(C)CC(N=C(NC#N)Nc2ccc(Cl)cc2)c2cc(Br)ccc2O1. The minimum atomic E-state index is -0.354. The molecule has 1 aliphatic rings. The number of ether oxygens (including phenoxy) is 1. The Labute approximate surface area is 166 Å². The van der Waals surface area contributed by atoms with Crippen LogP contribution in [0, 0.1) is 11.5 Å². The molecule has 2 aromatic carbocycles. The van der Waals surface area contributed by atoms with Crippen molar-refractivity contribution >= 4 is 39.2 Å². The number of halogens is 2. The van der Waals surface area contributed by atoms with Crippen molar-refractivity contribution < 1.29 is 4.74 Å². The first kappa shape index (κ1) is 18.6. The van der Waals surface area contributed by atoms with Gasteiger partial charge in [0.15, 0.2) is 6.19 Å². The van der Waals surface area contributed by atoms with Gasteiger partial charge in [0.2, 0.25) is 5.96 Å². The van der Waals surface area contributed by atoms with E-state index in [1.165, 1.54) is 0 Å². The summed E-state index contributed by atoms with van der Waals surface area (Å²) in [6.07, 6.45) is 2.63. The maximum atomic E-state index is 9.10. The van der Waals surface area contributed by atoms with Crippen LogP contribution in [0.5, 0.6) is 5.75 Å². The fourth-order valence-corrected chi connectivity index (χ4v) is 3.38. The summed E-state index contributed by atoms with van der Waals surface area (Å²) in [5.74, 6) is 1.18. The summed E-state index contributed by atoms with van der Waals surface area (Å²) in [5, 5.41) is 15.5.